The Kier molecular flexibility index (Phi) is 3.14. The number of hydrogen-bond acceptors (Lipinski definition) is 3. The van der Waals surface area contributed by atoms with Gasteiger partial charge in [0.25, 0.3) is 0 Å². The minimum atomic E-state index is -1.11. The fraction of sp³-hybridized carbons (Fsp3) is 0.417. The predicted molar refractivity (Wildman–Crippen MR) is 69.8 cm³/mol. The zero-order valence-electron chi connectivity index (χ0n) is 9.83. The van der Waals surface area contributed by atoms with Gasteiger partial charge in [-0.2, -0.15) is 0 Å². The van der Waals surface area contributed by atoms with E-state index in [2.05, 4.69) is 21.2 Å². The van der Waals surface area contributed by atoms with Crippen molar-refractivity contribution >= 4 is 27.5 Å². The molecule has 1 aliphatic rings. The lowest BCUT2D eigenvalue weighted by Gasteiger charge is -2.24. The van der Waals surface area contributed by atoms with Crippen molar-refractivity contribution in [2.24, 2.45) is 0 Å². The van der Waals surface area contributed by atoms with E-state index < -0.39 is 5.60 Å². The van der Waals surface area contributed by atoms with E-state index in [1.165, 1.54) is 4.90 Å². The number of amides is 1. The molecule has 1 aromatic carbocycles. The molecule has 2 N–H and O–H groups in total. The van der Waals surface area contributed by atoms with Gasteiger partial charge in [0.1, 0.15) is 5.60 Å². The van der Waals surface area contributed by atoms with Crippen LogP contribution in [0.2, 0.25) is 0 Å². The zero-order chi connectivity index (χ0) is 12.6. The van der Waals surface area contributed by atoms with Crippen molar-refractivity contribution in [1.29, 1.82) is 0 Å². The van der Waals surface area contributed by atoms with Crippen LogP contribution >= 0.6 is 15.9 Å². The van der Waals surface area contributed by atoms with E-state index in [4.69, 9.17) is 0 Å². The van der Waals surface area contributed by atoms with E-state index in [-0.39, 0.29) is 12.3 Å². The number of fused-ring (bicyclic) bond motifs is 1. The number of nitrogens with zero attached hydrogens (tertiary/aromatic N) is 1. The van der Waals surface area contributed by atoms with Gasteiger partial charge in [-0.05, 0) is 18.2 Å². The Morgan fingerprint density at radius 1 is 1.59 bits per heavy atom. The van der Waals surface area contributed by atoms with Gasteiger partial charge in [-0.1, -0.05) is 15.9 Å². The van der Waals surface area contributed by atoms with E-state index in [0.29, 0.717) is 6.54 Å². The van der Waals surface area contributed by atoms with Crippen molar-refractivity contribution in [2.45, 2.75) is 12.0 Å². The van der Waals surface area contributed by atoms with Crippen LogP contribution in [0.25, 0.3) is 0 Å². The van der Waals surface area contributed by atoms with Gasteiger partial charge in [0.05, 0.1) is 6.42 Å². The molecule has 0 radical (unpaired) electrons. The molecular weight excluding hydrogens is 284 g/mol. The Balaban J connectivity index is 2.30. The quantitative estimate of drug-likeness (QED) is 0.871. The number of aliphatic hydroxyl groups is 1. The Hall–Kier alpha value is -1.07. The van der Waals surface area contributed by atoms with Crippen LogP contribution in [0.4, 0.5) is 5.69 Å². The van der Waals surface area contributed by atoms with Crippen molar-refractivity contribution in [1.82, 2.24) is 4.90 Å². The maximum absolute atomic E-state index is 11.7. The molecule has 0 aliphatic carbocycles. The number of carbonyl (C=O) groups excluding carboxylic acids is 1. The first-order valence-corrected chi connectivity index (χ1v) is 6.18. The first kappa shape index (κ1) is 12.4. The summed E-state index contributed by atoms with van der Waals surface area (Å²) in [6, 6.07) is 5.67. The molecule has 17 heavy (non-hydrogen) atoms. The minimum Gasteiger partial charge on any atom is -0.383 e. The van der Waals surface area contributed by atoms with Crippen molar-refractivity contribution in [3.63, 3.8) is 0 Å². The summed E-state index contributed by atoms with van der Waals surface area (Å²) in [6.45, 7) is 0.373. The molecule has 0 fully saturated rings. The number of anilines is 1. The third-order valence-electron chi connectivity index (χ3n) is 3.00. The summed E-state index contributed by atoms with van der Waals surface area (Å²) < 4.78 is 0.899. The maximum Gasteiger partial charge on any atom is 0.225 e. The number of hydrogen-bond donors (Lipinski definition) is 2. The van der Waals surface area contributed by atoms with Gasteiger partial charge in [-0.15, -0.1) is 0 Å². The van der Waals surface area contributed by atoms with Crippen LogP contribution in [0.1, 0.15) is 12.0 Å². The average molecular weight is 299 g/mol. The Labute approximate surface area is 109 Å². The Bertz CT molecular complexity index is 462. The highest BCUT2D eigenvalue weighted by Gasteiger charge is 2.39. The number of β-amino-alcohol motifs (C(OH)–C–C–N with tert-alkyl or cyclic N) is 1. The third kappa shape index (κ3) is 2.30. The number of nitrogens with one attached hydrogen (secondary N) is 1. The molecule has 1 atom stereocenters. The summed E-state index contributed by atoms with van der Waals surface area (Å²) in [4.78, 5) is 13.2. The van der Waals surface area contributed by atoms with Gasteiger partial charge < -0.3 is 15.3 Å². The fourth-order valence-corrected chi connectivity index (χ4v) is 2.32. The average Bonchev–Trinajstić information content (AvgIpc) is 2.56. The van der Waals surface area contributed by atoms with E-state index in [1.807, 2.05) is 18.2 Å². The lowest BCUT2D eigenvalue weighted by molar-refractivity contribution is -0.133. The zero-order valence-corrected chi connectivity index (χ0v) is 11.4. The molecule has 1 unspecified atom stereocenters. The summed E-state index contributed by atoms with van der Waals surface area (Å²) in [5.74, 6) is -0.0814. The van der Waals surface area contributed by atoms with Gasteiger partial charge in [0.15, 0.2) is 0 Å². The van der Waals surface area contributed by atoms with E-state index in [0.717, 1.165) is 15.7 Å². The second-order valence-electron chi connectivity index (χ2n) is 4.54. The molecule has 4 nitrogen and oxygen atoms in total. The van der Waals surface area contributed by atoms with Crippen LogP contribution in [-0.2, 0) is 10.4 Å². The third-order valence-corrected chi connectivity index (χ3v) is 3.49. The topological polar surface area (TPSA) is 52.6 Å². The van der Waals surface area contributed by atoms with Crippen molar-refractivity contribution in [3.05, 3.63) is 28.2 Å². The van der Waals surface area contributed by atoms with Gasteiger partial charge >= 0.3 is 0 Å². The summed E-state index contributed by atoms with van der Waals surface area (Å²) in [5.41, 5.74) is 0.560. The van der Waals surface area contributed by atoms with E-state index >= 15 is 0 Å². The summed E-state index contributed by atoms with van der Waals surface area (Å²) >= 11 is 3.38. The highest BCUT2D eigenvalue weighted by Crippen LogP contribution is 2.38. The van der Waals surface area contributed by atoms with Crippen molar-refractivity contribution < 1.29 is 9.90 Å². The van der Waals surface area contributed by atoms with Crippen molar-refractivity contribution in [3.8, 4) is 0 Å². The number of carbonyl (C=O) groups is 1. The van der Waals surface area contributed by atoms with Crippen LogP contribution in [0.5, 0.6) is 0 Å². The molecule has 1 aliphatic heterocycles. The molecule has 1 heterocycles. The van der Waals surface area contributed by atoms with Gasteiger partial charge in [-0.25, -0.2) is 0 Å². The summed E-state index contributed by atoms with van der Waals surface area (Å²) in [6.07, 6.45) is 0.0937. The fourth-order valence-electron chi connectivity index (χ4n) is 1.96. The smallest absolute Gasteiger partial charge is 0.225 e. The first-order valence-electron chi connectivity index (χ1n) is 5.39. The second-order valence-corrected chi connectivity index (χ2v) is 5.46. The molecule has 1 aromatic rings. The molecule has 0 spiro atoms. The highest BCUT2D eigenvalue weighted by atomic mass is 79.9. The lowest BCUT2D eigenvalue weighted by Crippen LogP contribution is -2.35. The summed E-state index contributed by atoms with van der Waals surface area (Å²) in [7, 11) is 3.38. The van der Waals surface area contributed by atoms with Gasteiger partial charge in [0, 0.05) is 36.4 Å². The SMILES string of the molecule is CN(C)C(=O)CC1(O)CNc2ccc(Br)cc21. The number of halogens is 1. The maximum atomic E-state index is 11.7. The molecule has 0 saturated carbocycles. The Morgan fingerprint density at radius 2 is 2.29 bits per heavy atom. The molecule has 2 rings (SSSR count). The first-order chi connectivity index (χ1) is 7.92. The van der Waals surface area contributed by atoms with Gasteiger partial charge in [0.2, 0.25) is 5.91 Å². The number of benzene rings is 1. The van der Waals surface area contributed by atoms with Crippen LogP contribution in [-0.4, -0.2) is 36.6 Å². The normalized spacial score (nSPS) is 21.9. The predicted octanol–water partition coefficient (Wildman–Crippen LogP) is 1.54. The minimum absolute atomic E-state index is 0.0814. The molecule has 0 aromatic heterocycles. The Morgan fingerprint density at radius 3 is 2.94 bits per heavy atom. The summed E-state index contributed by atoms with van der Waals surface area (Å²) in [5, 5.41) is 13.7. The number of rotatable bonds is 2. The monoisotopic (exact) mass is 298 g/mol. The van der Waals surface area contributed by atoms with Crippen LogP contribution in [0.15, 0.2) is 22.7 Å². The standard InChI is InChI=1S/C12H15BrN2O2/c1-15(2)11(16)6-12(17)7-14-10-4-3-8(13)5-9(10)12/h3-5,14,17H,6-7H2,1-2H3. The second kappa shape index (κ2) is 4.31. The van der Waals surface area contributed by atoms with Gasteiger partial charge in [-0.3, -0.25) is 4.79 Å². The lowest BCUT2D eigenvalue weighted by atomic mass is 9.92. The highest BCUT2D eigenvalue weighted by molar-refractivity contribution is 9.10. The molecule has 0 bridgehead atoms. The van der Waals surface area contributed by atoms with Crippen LogP contribution in [0, 0.1) is 0 Å². The van der Waals surface area contributed by atoms with Crippen LogP contribution < -0.4 is 5.32 Å². The largest absolute Gasteiger partial charge is 0.383 e. The van der Waals surface area contributed by atoms with Crippen molar-refractivity contribution in [2.75, 3.05) is 26.0 Å². The molecule has 92 valence electrons. The van der Waals surface area contributed by atoms with Crippen LogP contribution in [0.3, 0.4) is 0 Å². The van der Waals surface area contributed by atoms with E-state index in [1.54, 1.807) is 14.1 Å². The van der Waals surface area contributed by atoms with E-state index in [9.17, 15) is 9.90 Å². The molecule has 5 heteroatoms. The molecule has 1 amide bonds. The molecule has 0 saturated heterocycles. The molecular formula is C12H15BrN2O2.